The molecular weight excluding hydrogens is 271 g/mol. The minimum Gasteiger partial charge on any atom is -0.334 e. The quantitative estimate of drug-likeness (QED) is 0.941. The van der Waals surface area contributed by atoms with E-state index in [4.69, 9.17) is 0 Å². The van der Waals surface area contributed by atoms with E-state index < -0.39 is 5.82 Å². The molecule has 112 valence electrons. The second-order valence-electron chi connectivity index (χ2n) is 4.90. The van der Waals surface area contributed by atoms with Crippen LogP contribution in [0.4, 0.5) is 14.9 Å². The molecule has 0 aliphatic carbocycles. The number of rotatable bonds is 4. The van der Waals surface area contributed by atoms with Crippen molar-refractivity contribution in [3.8, 4) is 0 Å². The van der Waals surface area contributed by atoms with E-state index in [0.717, 1.165) is 17.9 Å². The lowest BCUT2D eigenvalue weighted by molar-refractivity contribution is 0.219. The van der Waals surface area contributed by atoms with Crippen LogP contribution >= 0.6 is 0 Å². The summed E-state index contributed by atoms with van der Waals surface area (Å²) in [6.07, 6.45) is 3.56. The number of benzene rings is 1. The van der Waals surface area contributed by atoms with Gasteiger partial charge < -0.3 is 14.8 Å². The predicted molar refractivity (Wildman–Crippen MR) is 79.5 cm³/mol. The maximum absolute atomic E-state index is 13.6. The number of nitrogens with one attached hydrogen (secondary N) is 1. The lowest BCUT2D eigenvalue weighted by Crippen LogP contribution is -2.32. The molecule has 1 heterocycles. The van der Waals surface area contributed by atoms with Crippen LogP contribution in [0, 0.1) is 12.7 Å². The zero-order valence-corrected chi connectivity index (χ0v) is 12.4. The molecule has 21 heavy (non-hydrogen) atoms. The van der Waals surface area contributed by atoms with Gasteiger partial charge in [-0.05, 0) is 31.5 Å². The summed E-state index contributed by atoms with van der Waals surface area (Å²) in [6, 6.07) is 4.24. The fourth-order valence-electron chi connectivity index (χ4n) is 2.01. The van der Waals surface area contributed by atoms with Gasteiger partial charge in [-0.1, -0.05) is 6.07 Å². The van der Waals surface area contributed by atoms with Gasteiger partial charge in [0.15, 0.2) is 0 Å². The number of aromatic nitrogens is 2. The van der Waals surface area contributed by atoms with Crippen molar-refractivity contribution in [2.75, 3.05) is 12.4 Å². The number of nitrogens with zero attached hydrogens (tertiary/aromatic N) is 3. The number of amides is 2. The molecule has 0 aliphatic heterocycles. The van der Waals surface area contributed by atoms with E-state index in [9.17, 15) is 9.18 Å². The molecule has 0 saturated heterocycles. The van der Waals surface area contributed by atoms with E-state index >= 15 is 0 Å². The SMILES string of the molecule is CCn1ccnc1CN(C)C(=O)Nc1cc(C)ccc1F. The second kappa shape index (κ2) is 6.39. The highest BCUT2D eigenvalue weighted by Crippen LogP contribution is 2.16. The standard InChI is InChI=1S/C15H19FN4O/c1-4-20-8-7-17-14(20)10-19(3)15(21)18-13-9-11(2)5-6-12(13)16/h5-9H,4,10H2,1-3H3,(H,18,21). The van der Waals surface area contributed by atoms with E-state index in [1.54, 1.807) is 25.4 Å². The predicted octanol–water partition coefficient (Wildman–Crippen LogP) is 3.01. The van der Waals surface area contributed by atoms with Gasteiger partial charge in [0.2, 0.25) is 0 Å². The van der Waals surface area contributed by atoms with Gasteiger partial charge in [-0.15, -0.1) is 0 Å². The van der Waals surface area contributed by atoms with Gasteiger partial charge in [0.25, 0.3) is 0 Å². The van der Waals surface area contributed by atoms with E-state index in [1.165, 1.54) is 11.0 Å². The van der Waals surface area contributed by atoms with Gasteiger partial charge in [-0.2, -0.15) is 0 Å². The van der Waals surface area contributed by atoms with Gasteiger partial charge >= 0.3 is 6.03 Å². The monoisotopic (exact) mass is 290 g/mol. The normalized spacial score (nSPS) is 10.5. The number of carbonyl (C=O) groups is 1. The van der Waals surface area contributed by atoms with Gasteiger partial charge in [0, 0.05) is 26.0 Å². The summed E-state index contributed by atoms with van der Waals surface area (Å²) in [5.41, 5.74) is 1.07. The Balaban J connectivity index is 2.04. The highest BCUT2D eigenvalue weighted by atomic mass is 19.1. The molecule has 0 aliphatic rings. The van der Waals surface area contributed by atoms with Crippen molar-refractivity contribution in [2.45, 2.75) is 26.9 Å². The summed E-state index contributed by atoms with van der Waals surface area (Å²) in [5.74, 6) is 0.345. The van der Waals surface area contributed by atoms with Crippen molar-refractivity contribution in [1.82, 2.24) is 14.5 Å². The first-order chi connectivity index (χ1) is 10.0. The Labute approximate surface area is 123 Å². The molecule has 6 heteroatoms. The number of hydrogen-bond donors (Lipinski definition) is 1. The van der Waals surface area contributed by atoms with Crippen LogP contribution in [0.2, 0.25) is 0 Å². The molecule has 2 rings (SSSR count). The smallest absolute Gasteiger partial charge is 0.322 e. The fourth-order valence-corrected chi connectivity index (χ4v) is 2.01. The average molecular weight is 290 g/mol. The van der Waals surface area contributed by atoms with Crippen LogP contribution in [0.1, 0.15) is 18.3 Å². The van der Waals surface area contributed by atoms with Crippen LogP contribution in [0.25, 0.3) is 0 Å². The topological polar surface area (TPSA) is 50.2 Å². The van der Waals surface area contributed by atoms with E-state index in [0.29, 0.717) is 6.54 Å². The molecule has 5 nitrogen and oxygen atoms in total. The summed E-state index contributed by atoms with van der Waals surface area (Å²) in [6.45, 7) is 5.00. The van der Waals surface area contributed by atoms with Crippen LogP contribution in [0.15, 0.2) is 30.6 Å². The highest BCUT2D eigenvalue weighted by molar-refractivity contribution is 5.89. The van der Waals surface area contributed by atoms with Crippen LogP contribution < -0.4 is 5.32 Å². The molecule has 0 bridgehead atoms. The molecule has 1 aromatic carbocycles. The first-order valence-electron chi connectivity index (χ1n) is 6.79. The Morgan fingerprint density at radius 1 is 1.48 bits per heavy atom. The molecular formula is C15H19FN4O. The average Bonchev–Trinajstić information content (AvgIpc) is 2.90. The second-order valence-corrected chi connectivity index (χ2v) is 4.90. The summed E-state index contributed by atoms with van der Waals surface area (Å²) < 4.78 is 15.6. The van der Waals surface area contributed by atoms with E-state index in [2.05, 4.69) is 10.3 Å². The Hall–Kier alpha value is -2.37. The largest absolute Gasteiger partial charge is 0.334 e. The molecule has 0 spiro atoms. The van der Waals surface area contributed by atoms with Crippen LogP contribution in [0.5, 0.6) is 0 Å². The third-order valence-electron chi connectivity index (χ3n) is 3.23. The zero-order chi connectivity index (χ0) is 15.4. The van der Waals surface area contributed by atoms with Crippen molar-refractivity contribution >= 4 is 11.7 Å². The zero-order valence-electron chi connectivity index (χ0n) is 12.4. The lowest BCUT2D eigenvalue weighted by Gasteiger charge is -2.18. The Morgan fingerprint density at radius 3 is 2.95 bits per heavy atom. The highest BCUT2D eigenvalue weighted by Gasteiger charge is 2.14. The number of halogens is 1. The van der Waals surface area contributed by atoms with Gasteiger partial charge in [-0.3, -0.25) is 0 Å². The Morgan fingerprint density at radius 2 is 2.24 bits per heavy atom. The Kier molecular flexibility index (Phi) is 4.57. The molecule has 0 saturated carbocycles. The summed E-state index contributed by atoms with van der Waals surface area (Å²) in [5, 5.41) is 2.58. The maximum Gasteiger partial charge on any atom is 0.322 e. The summed E-state index contributed by atoms with van der Waals surface area (Å²) in [7, 11) is 1.65. The minimum atomic E-state index is -0.447. The number of anilines is 1. The molecule has 2 amide bonds. The Bertz CT molecular complexity index is 638. The molecule has 1 aromatic heterocycles. The van der Waals surface area contributed by atoms with Gasteiger partial charge in [0.05, 0.1) is 12.2 Å². The molecule has 0 atom stereocenters. The third kappa shape index (κ3) is 3.59. The van der Waals surface area contributed by atoms with Crippen LogP contribution in [-0.4, -0.2) is 27.5 Å². The van der Waals surface area contributed by atoms with Crippen molar-refractivity contribution in [1.29, 1.82) is 0 Å². The lowest BCUT2D eigenvalue weighted by atomic mass is 10.2. The van der Waals surface area contributed by atoms with Crippen LogP contribution in [-0.2, 0) is 13.1 Å². The number of aryl methyl sites for hydroxylation is 2. The first kappa shape index (κ1) is 15.0. The van der Waals surface area contributed by atoms with Crippen molar-refractivity contribution in [2.24, 2.45) is 0 Å². The minimum absolute atomic E-state index is 0.186. The van der Waals surface area contributed by atoms with Gasteiger partial charge in [0.1, 0.15) is 11.6 Å². The van der Waals surface area contributed by atoms with E-state index in [-0.39, 0.29) is 11.7 Å². The first-order valence-corrected chi connectivity index (χ1v) is 6.79. The molecule has 1 N–H and O–H groups in total. The number of urea groups is 1. The van der Waals surface area contributed by atoms with E-state index in [1.807, 2.05) is 24.6 Å². The maximum atomic E-state index is 13.6. The number of carbonyl (C=O) groups excluding carboxylic acids is 1. The fraction of sp³-hybridized carbons (Fsp3) is 0.333. The van der Waals surface area contributed by atoms with Crippen molar-refractivity contribution < 1.29 is 9.18 Å². The van der Waals surface area contributed by atoms with Crippen molar-refractivity contribution in [3.05, 3.63) is 47.8 Å². The molecule has 2 aromatic rings. The van der Waals surface area contributed by atoms with Crippen LogP contribution in [0.3, 0.4) is 0 Å². The van der Waals surface area contributed by atoms with Crippen molar-refractivity contribution in [3.63, 3.8) is 0 Å². The molecule has 0 unspecified atom stereocenters. The summed E-state index contributed by atoms with van der Waals surface area (Å²) >= 11 is 0. The number of hydrogen-bond acceptors (Lipinski definition) is 2. The third-order valence-corrected chi connectivity index (χ3v) is 3.23. The number of imidazole rings is 1. The van der Waals surface area contributed by atoms with Gasteiger partial charge in [-0.25, -0.2) is 14.2 Å². The molecule has 0 fully saturated rings. The molecule has 0 radical (unpaired) electrons. The summed E-state index contributed by atoms with van der Waals surface area (Å²) in [4.78, 5) is 17.8.